The molecular weight excluding hydrogens is 148 g/mol. The standard InChI is InChI=1S/C6H10N2OS/c1-5(9)8(2)6-7-3-4-10-6/h3-4H2,1-2H3. The number of hydrogen-bond acceptors (Lipinski definition) is 3. The van der Waals surface area contributed by atoms with Gasteiger partial charge in [0.2, 0.25) is 5.91 Å². The van der Waals surface area contributed by atoms with Gasteiger partial charge in [-0.05, 0) is 0 Å². The molecule has 0 fully saturated rings. The number of rotatable bonds is 0. The molecule has 1 heterocycles. The second-order valence-corrected chi connectivity index (χ2v) is 3.15. The molecular formula is C6H10N2OS. The van der Waals surface area contributed by atoms with Crippen molar-refractivity contribution in [3.63, 3.8) is 0 Å². The van der Waals surface area contributed by atoms with E-state index < -0.39 is 0 Å². The van der Waals surface area contributed by atoms with Crippen molar-refractivity contribution >= 4 is 22.8 Å². The van der Waals surface area contributed by atoms with Crippen LogP contribution in [0, 0.1) is 0 Å². The first-order chi connectivity index (χ1) is 4.72. The maximum absolute atomic E-state index is 10.8. The summed E-state index contributed by atoms with van der Waals surface area (Å²) in [5.41, 5.74) is 0. The van der Waals surface area contributed by atoms with Crippen molar-refractivity contribution < 1.29 is 4.79 Å². The number of carbonyl (C=O) groups excluding carboxylic acids is 1. The first kappa shape index (κ1) is 7.60. The highest BCUT2D eigenvalue weighted by atomic mass is 32.2. The van der Waals surface area contributed by atoms with Crippen molar-refractivity contribution in [3.05, 3.63) is 0 Å². The van der Waals surface area contributed by atoms with E-state index in [4.69, 9.17) is 0 Å². The van der Waals surface area contributed by atoms with Crippen LogP contribution in [0.1, 0.15) is 6.92 Å². The van der Waals surface area contributed by atoms with Crippen LogP contribution < -0.4 is 0 Å². The Morgan fingerprint density at radius 3 is 2.90 bits per heavy atom. The predicted octanol–water partition coefficient (Wildman–Crippen LogP) is 0.568. The summed E-state index contributed by atoms with van der Waals surface area (Å²) in [6.45, 7) is 2.39. The molecule has 0 saturated carbocycles. The first-order valence-electron chi connectivity index (χ1n) is 3.13. The Bertz CT molecular complexity index is 179. The number of nitrogens with zero attached hydrogens (tertiary/aromatic N) is 2. The van der Waals surface area contributed by atoms with Gasteiger partial charge in [-0.2, -0.15) is 0 Å². The lowest BCUT2D eigenvalue weighted by atomic mass is 10.6. The summed E-state index contributed by atoms with van der Waals surface area (Å²) in [4.78, 5) is 16.5. The van der Waals surface area contributed by atoms with E-state index in [0.29, 0.717) is 0 Å². The molecule has 0 atom stereocenters. The lowest BCUT2D eigenvalue weighted by Gasteiger charge is -2.12. The smallest absolute Gasteiger partial charge is 0.225 e. The monoisotopic (exact) mass is 158 g/mol. The molecule has 0 radical (unpaired) electrons. The number of thioether (sulfide) groups is 1. The molecule has 1 aliphatic rings. The Morgan fingerprint density at radius 1 is 1.80 bits per heavy atom. The van der Waals surface area contributed by atoms with E-state index in [2.05, 4.69) is 4.99 Å². The normalized spacial score (nSPS) is 16.8. The molecule has 4 heteroatoms. The van der Waals surface area contributed by atoms with Gasteiger partial charge in [-0.1, -0.05) is 11.8 Å². The predicted molar refractivity (Wildman–Crippen MR) is 43.2 cm³/mol. The maximum Gasteiger partial charge on any atom is 0.225 e. The molecule has 0 spiro atoms. The summed E-state index contributed by atoms with van der Waals surface area (Å²) in [7, 11) is 1.75. The zero-order valence-electron chi connectivity index (χ0n) is 6.13. The third-order valence-corrected chi connectivity index (χ3v) is 2.38. The van der Waals surface area contributed by atoms with Crippen LogP contribution in [-0.4, -0.2) is 35.3 Å². The van der Waals surface area contributed by atoms with Crippen molar-refractivity contribution in [2.75, 3.05) is 19.3 Å². The number of aliphatic imine (C=N–C) groups is 1. The van der Waals surface area contributed by atoms with Crippen molar-refractivity contribution in [3.8, 4) is 0 Å². The average molecular weight is 158 g/mol. The number of amidine groups is 1. The number of amides is 1. The van der Waals surface area contributed by atoms with Crippen molar-refractivity contribution in [2.24, 2.45) is 4.99 Å². The van der Waals surface area contributed by atoms with Crippen LogP contribution in [0.5, 0.6) is 0 Å². The van der Waals surface area contributed by atoms with E-state index in [-0.39, 0.29) is 5.91 Å². The molecule has 0 aromatic heterocycles. The van der Waals surface area contributed by atoms with Gasteiger partial charge in [-0.15, -0.1) is 0 Å². The molecule has 3 nitrogen and oxygen atoms in total. The minimum absolute atomic E-state index is 0.0492. The Labute approximate surface area is 64.5 Å². The lowest BCUT2D eigenvalue weighted by Crippen LogP contribution is -2.27. The number of carbonyl (C=O) groups is 1. The molecule has 0 unspecified atom stereocenters. The molecule has 10 heavy (non-hydrogen) atoms. The first-order valence-corrected chi connectivity index (χ1v) is 4.12. The summed E-state index contributed by atoms with van der Waals surface area (Å²) in [6, 6.07) is 0. The van der Waals surface area contributed by atoms with Crippen LogP contribution in [0.2, 0.25) is 0 Å². The second-order valence-electron chi connectivity index (χ2n) is 2.09. The van der Waals surface area contributed by atoms with E-state index in [1.807, 2.05) is 0 Å². The van der Waals surface area contributed by atoms with Crippen LogP contribution in [0.4, 0.5) is 0 Å². The highest BCUT2D eigenvalue weighted by Crippen LogP contribution is 2.13. The minimum Gasteiger partial charge on any atom is -0.295 e. The molecule has 56 valence electrons. The maximum atomic E-state index is 10.8. The van der Waals surface area contributed by atoms with Crippen LogP contribution in [0.3, 0.4) is 0 Å². The van der Waals surface area contributed by atoms with E-state index >= 15 is 0 Å². The Hall–Kier alpha value is -0.510. The Morgan fingerprint density at radius 2 is 2.50 bits per heavy atom. The van der Waals surface area contributed by atoms with Gasteiger partial charge in [0, 0.05) is 19.7 Å². The molecule has 1 aliphatic heterocycles. The average Bonchev–Trinajstić information content (AvgIpc) is 2.36. The van der Waals surface area contributed by atoms with Gasteiger partial charge in [0.1, 0.15) is 0 Å². The van der Waals surface area contributed by atoms with E-state index in [1.54, 1.807) is 30.6 Å². The van der Waals surface area contributed by atoms with Crippen LogP contribution in [0.15, 0.2) is 4.99 Å². The molecule has 1 amide bonds. The molecule has 0 aromatic carbocycles. The fourth-order valence-corrected chi connectivity index (χ4v) is 1.53. The highest BCUT2D eigenvalue weighted by molar-refractivity contribution is 8.14. The van der Waals surface area contributed by atoms with Crippen LogP contribution in [-0.2, 0) is 4.79 Å². The van der Waals surface area contributed by atoms with Crippen LogP contribution in [0.25, 0.3) is 0 Å². The second kappa shape index (κ2) is 3.05. The zero-order valence-corrected chi connectivity index (χ0v) is 6.94. The van der Waals surface area contributed by atoms with Gasteiger partial charge in [0.25, 0.3) is 0 Å². The molecule has 0 saturated heterocycles. The molecule has 0 N–H and O–H groups in total. The van der Waals surface area contributed by atoms with Gasteiger partial charge in [0.15, 0.2) is 5.17 Å². The molecule has 0 aromatic rings. The largest absolute Gasteiger partial charge is 0.295 e. The van der Waals surface area contributed by atoms with Crippen molar-refractivity contribution in [2.45, 2.75) is 6.92 Å². The van der Waals surface area contributed by atoms with Gasteiger partial charge < -0.3 is 0 Å². The summed E-state index contributed by atoms with van der Waals surface area (Å²) >= 11 is 1.63. The van der Waals surface area contributed by atoms with E-state index in [9.17, 15) is 4.79 Å². The van der Waals surface area contributed by atoms with Crippen LogP contribution >= 0.6 is 11.8 Å². The Balaban J connectivity index is 2.55. The zero-order chi connectivity index (χ0) is 7.56. The molecule has 1 rings (SSSR count). The highest BCUT2D eigenvalue weighted by Gasteiger charge is 2.14. The quantitative estimate of drug-likeness (QED) is 0.516. The third-order valence-electron chi connectivity index (χ3n) is 1.33. The van der Waals surface area contributed by atoms with Gasteiger partial charge in [0.05, 0.1) is 6.54 Å². The molecule has 0 aliphatic carbocycles. The third kappa shape index (κ3) is 1.50. The fourth-order valence-electron chi connectivity index (χ4n) is 0.661. The topological polar surface area (TPSA) is 32.7 Å². The van der Waals surface area contributed by atoms with Gasteiger partial charge >= 0.3 is 0 Å². The summed E-state index contributed by atoms with van der Waals surface area (Å²) in [5, 5.41) is 0.854. The SMILES string of the molecule is CC(=O)N(C)C1=NCCS1. The Kier molecular flexibility index (Phi) is 2.32. The number of hydrogen-bond donors (Lipinski definition) is 0. The van der Waals surface area contributed by atoms with E-state index in [1.165, 1.54) is 0 Å². The van der Waals surface area contributed by atoms with Gasteiger partial charge in [-0.3, -0.25) is 14.7 Å². The van der Waals surface area contributed by atoms with Crippen molar-refractivity contribution in [1.29, 1.82) is 0 Å². The van der Waals surface area contributed by atoms with Gasteiger partial charge in [-0.25, -0.2) is 0 Å². The van der Waals surface area contributed by atoms with Crippen molar-refractivity contribution in [1.82, 2.24) is 4.90 Å². The summed E-state index contributed by atoms with van der Waals surface area (Å²) in [6.07, 6.45) is 0. The summed E-state index contributed by atoms with van der Waals surface area (Å²) < 4.78 is 0. The fraction of sp³-hybridized carbons (Fsp3) is 0.667. The van der Waals surface area contributed by atoms with E-state index in [0.717, 1.165) is 17.5 Å². The summed E-state index contributed by atoms with van der Waals surface area (Å²) in [5.74, 6) is 1.06. The lowest BCUT2D eigenvalue weighted by molar-refractivity contribution is -0.124. The minimum atomic E-state index is 0.0492. The molecule has 0 bridgehead atoms.